The average molecular weight is 341 g/mol. The Bertz CT molecular complexity index is 601. The van der Waals surface area contributed by atoms with Crippen LogP contribution in [0.25, 0.3) is 0 Å². The van der Waals surface area contributed by atoms with Crippen molar-refractivity contribution in [2.75, 3.05) is 18.9 Å². The second-order valence-corrected chi connectivity index (χ2v) is 4.80. The lowest BCUT2D eigenvalue weighted by molar-refractivity contribution is -0.116. The molecule has 126 valence electrons. The van der Waals surface area contributed by atoms with Crippen LogP contribution in [0.2, 0.25) is 0 Å². The summed E-state index contributed by atoms with van der Waals surface area (Å²) in [4.78, 5) is 15.7. The molecule has 0 atom stereocenters. The van der Waals surface area contributed by atoms with Crippen molar-refractivity contribution in [2.45, 2.75) is 26.4 Å². The smallest absolute Gasteiger partial charge is 0.264 e. The Morgan fingerprint density at radius 3 is 2.65 bits per heavy atom. The highest BCUT2D eigenvalue weighted by Gasteiger charge is 2.05. The molecular formula is C15H21ClN4O3. The predicted octanol–water partition coefficient (Wildman–Crippen LogP) is 2.32. The quantitative estimate of drug-likeness (QED) is 0.717. The summed E-state index contributed by atoms with van der Waals surface area (Å²) in [5.74, 6) is 1.68. The van der Waals surface area contributed by atoms with Crippen molar-refractivity contribution >= 4 is 24.0 Å². The first-order chi connectivity index (χ1) is 10.7. The molecule has 0 bridgehead atoms. The summed E-state index contributed by atoms with van der Waals surface area (Å²) in [7, 11) is 1.87. The third-order valence-corrected chi connectivity index (χ3v) is 2.90. The zero-order chi connectivity index (χ0) is 15.8. The largest absolute Gasteiger partial charge is 0.484 e. The maximum Gasteiger partial charge on any atom is 0.264 e. The molecule has 0 aliphatic heterocycles. The van der Waals surface area contributed by atoms with Gasteiger partial charge in [-0.2, -0.15) is 4.98 Å². The van der Waals surface area contributed by atoms with E-state index in [4.69, 9.17) is 9.26 Å². The third kappa shape index (κ3) is 6.66. The summed E-state index contributed by atoms with van der Waals surface area (Å²) in [5.41, 5.74) is 0.746. The normalized spacial score (nSPS) is 10.0. The molecule has 0 unspecified atom stereocenters. The van der Waals surface area contributed by atoms with Crippen LogP contribution in [-0.4, -0.2) is 29.6 Å². The first-order valence-corrected chi connectivity index (χ1v) is 7.14. The lowest BCUT2D eigenvalue weighted by Gasteiger charge is -2.07. The fourth-order valence-corrected chi connectivity index (χ4v) is 1.83. The number of carbonyl (C=O) groups is 1. The molecule has 1 amide bonds. The van der Waals surface area contributed by atoms with Crippen LogP contribution in [0.1, 0.15) is 24.6 Å². The van der Waals surface area contributed by atoms with E-state index < -0.39 is 0 Å². The first-order valence-electron chi connectivity index (χ1n) is 7.14. The third-order valence-electron chi connectivity index (χ3n) is 2.90. The number of benzene rings is 1. The molecule has 7 nitrogen and oxygen atoms in total. The van der Waals surface area contributed by atoms with Gasteiger partial charge in [0.15, 0.2) is 12.4 Å². The van der Waals surface area contributed by atoms with Gasteiger partial charge in [0, 0.05) is 12.1 Å². The number of amides is 1. The number of hydrogen-bond donors (Lipinski definition) is 2. The van der Waals surface area contributed by atoms with Gasteiger partial charge in [0.25, 0.3) is 5.89 Å². The monoisotopic (exact) mass is 340 g/mol. The van der Waals surface area contributed by atoms with Crippen molar-refractivity contribution in [3.63, 3.8) is 0 Å². The van der Waals surface area contributed by atoms with Crippen molar-refractivity contribution in [3.8, 4) is 5.75 Å². The molecule has 0 aliphatic rings. The van der Waals surface area contributed by atoms with Crippen LogP contribution < -0.4 is 15.4 Å². The van der Waals surface area contributed by atoms with Gasteiger partial charge in [0.05, 0.1) is 0 Å². The van der Waals surface area contributed by atoms with E-state index in [1.165, 1.54) is 0 Å². The number of carbonyl (C=O) groups excluding carboxylic acids is 1. The van der Waals surface area contributed by atoms with Gasteiger partial charge in [-0.25, -0.2) is 0 Å². The number of aromatic nitrogens is 2. The maximum atomic E-state index is 11.7. The summed E-state index contributed by atoms with van der Waals surface area (Å²) >= 11 is 0. The van der Waals surface area contributed by atoms with Crippen LogP contribution in [0.15, 0.2) is 28.8 Å². The minimum Gasteiger partial charge on any atom is -0.484 e. The lowest BCUT2D eigenvalue weighted by Crippen LogP contribution is -2.15. The van der Waals surface area contributed by atoms with E-state index in [0.717, 1.165) is 18.7 Å². The van der Waals surface area contributed by atoms with Crippen LogP contribution in [-0.2, 0) is 11.4 Å². The van der Waals surface area contributed by atoms with Crippen LogP contribution >= 0.6 is 12.4 Å². The van der Waals surface area contributed by atoms with Crippen molar-refractivity contribution in [2.24, 2.45) is 0 Å². The molecule has 0 spiro atoms. The molecule has 0 saturated carbocycles. The Morgan fingerprint density at radius 1 is 1.30 bits per heavy atom. The maximum absolute atomic E-state index is 11.7. The number of ether oxygens (including phenoxy) is 1. The Balaban J connectivity index is 0.00000264. The van der Waals surface area contributed by atoms with Crippen LogP contribution in [0.3, 0.4) is 0 Å². The fraction of sp³-hybridized carbons (Fsp3) is 0.400. The fourth-order valence-electron chi connectivity index (χ4n) is 1.83. The Labute approximate surface area is 141 Å². The number of rotatable bonds is 8. The summed E-state index contributed by atoms with van der Waals surface area (Å²) in [6.45, 7) is 2.80. The summed E-state index contributed by atoms with van der Waals surface area (Å²) in [6.07, 6.45) is 1.31. The summed E-state index contributed by atoms with van der Waals surface area (Å²) < 4.78 is 10.5. The molecule has 1 heterocycles. The molecule has 0 fully saturated rings. The molecule has 23 heavy (non-hydrogen) atoms. The van der Waals surface area contributed by atoms with Gasteiger partial charge in [-0.15, -0.1) is 12.4 Å². The van der Waals surface area contributed by atoms with Crippen molar-refractivity contribution < 1.29 is 14.1 Å². The molecule has 2 aromatic rings. The van der Waals surface area contributed by atoms with Gasteiger partial charge >= 0.3 is 0 Å². The van der Waals surface area contributed by atoms with Gasteiger partial charge in [-0.05, 0) is 51.2 Å². The highest BCUT2D eigenvalue weighted by Crippen LogP contribution is 2.17. The zero-order valence-corrected chi connectivity index (χ0v) is 14.0. The molecule has 0 radical (unpaired) electrons. The Morgan fingerprint density at radius 2 is 2.04 bits per heavy atom. The van der Waals surface area contributed by atoms with E-state index in [1.807, 2.05) is 7.05 Å². The van der Waals surface area contributed by atoms with Crippen molar-refractivity contribution in [3.05, 3.63) is 36.0 Å². The highest BCUT2D eigenvalue weighted by atomic mass is 35.5. The van der Waals surface area contributed by atoms with E-state index in [9.17, 15) is 4.79 Å². The Kier molecular flexibility index (Phi) is 8.07. The minimum atomic E-state index is 0. The molecule has 2 N–H and O–H groups in total. The first kappa shape index (κ1) is 18.9. The lowest BCUT2D eigenvalue weighted by atomic mass is 10.2. The number of nitrogens with zero attached hydrogens (tertiary/aromatic N) is 2. The summed E-state index contributed by atoms with van der Waals surface area (Å²) in [5, 5.41) is 9.54. The van der Waals surface area contributed by atoms with Gasteiger partial charge in [-0.3, -0.25) is 4.79 Å². The molecule has 0 aliphatic carbocycles. The molecule has 1 aromatic carbocycles. The number of hydrogen-bond acceptors (Lipinski definition) is 6. The topological polar surface area (TPSA) is 89.3 Å². The molecule has 2 rings (SSSR count). The van der Waals surface area contributed by atoms with Crippen molar-refractivity contribution in [1.29, 1.82) is 0 Å². The number of nitrogens with one attached hydrogen (secondary N) is 2. The summed E-state index contributed by atoms with van der Waals surface area (Å²) in [6, 6.07) is 7.16. The zero-order valence-electron chi connectivity index (χ0n) is 13.2. The van der Waals surface area contributed by atoms with E-state index in [-0.39, 0.29) is 24.9 Å². The molecule has 8 heteroatoms. The highest BCUT2D eigenvalue weighted by molar-refractivity contribution is 5.90. The van der Waals surface area contributed by atoms with Gasteiger partial charge < -0.3 is 19.9 Å². The molecule has 1 aromatic heterocycles. The molecular weight excluding hydrogens is 320 g/mol. The van der Waals surface area contributed by atoms with Gasteiger partial charge in [0.2, 0.25) is 5.91 Å². The number of halogens is 1. The second kappa shape index (κ2) is 9.81. The number of anilines is 1. The van der Waals surface area contributed by atoms with Crippen LogP contribution in [0.5, 0.6) is 5.75 Å². The van der Waals surface area contributed by atoms with Crippen molar-refractivity contribution in [1.82, 2.24) is 15.5 Å². The SMILES string of the molecule is CNCCCC(=O)Nc1ccc(OCc2nc(C)no2)cc1.Cl. The predicted molar refractivity (Wildman–Crippen MR) is 88.8 cm³/mol. The minimum absolute atomic E-state index is 0. The van der Waals surface area contributed by atoms with E-state index >= 15 is 0 Å². The van der Waals surface area contributed by atoms with E-state index in [2.05, 4.69) is 20.8 Å². The second-order valence-electron chi connectivity index (χ2n) is 4.80. The van der Waals surface area contributed by atoms with Crippen LogP contribution in [0.4, 0.5) is 5.69 Å². The van der Waals surface area contributed by atoms with Gasteiger partial charge in [-0.1, -0.05) is 5.16 Å². The molecule has 0 saturated heterocycles. The van der Waals surface area contributed by atoms with Gasteiger partial charge in [0.1, 0.15) is 5.75 Å². The van der Waals surface area contributed by atoms with E-state index in [1.54, 1.807) is 31.2 Å². The number of aryl methyl sites for hydroxylation is 1. The standard InChI is InChI=1S/C15H20N4O3.ClH/c1-11-17-15(22-19-11)10-21-13-7-5-12(6-8-13)18-14(20)4-3-9-16-2;/h5-8,16H,3-4,9-10H2,1-2H3,(H,18,20);1H. The average Bonchev–Trinajstić information content (AvgIpc) is 2.92. The van der Waals surface area contributed by atoms with Crippen LogP contribution in [0, 0.1) is 6.92 Å². The van der Waals surface area contributed by atoms with E-state index in [0.29, 0.717) is 23.9 Å². The Hall–Kier alpha value is -2.12.